The monoisotopic (exact) mass is 260 g/mol. The van der Waals surface area contributed by atoms with Crippen molar-refractivity contribution in [3.05, 3.63) is 35.2 Å². The maximum atomic E-state index is 5.73. The van der Waals surface area contributed by atoms with Crippen molar-refractivity contribution >= 4 is 0 Å². The smallest absolute Gasteiger partial charge is 0.144 e. The molecular formula is C14H20N4O. The first-order valence-electron chi connectivity index (χ1n) is 6.38. The molecule has 19 heavy (non-hydrogen) atoms. The molecular weight excluding hydrogens is 240 g/mol. The lowest BCUT2D eigenvalue weighted by Gasteiger charge is -2.14. The molecule has 1 heterocycles. The van der Waals surface area contributed by atoms with E-state index in [-0.39, 0.29) is 0 Å². The lowest BCUT2D eigenvalue weighted by molar-refractivity contribution is 0.410. The molecule has 102 valence electrons. The van der Waals surface area contributed by atoms with Crippen molar-refractivity contribution in [2.45, 2.75) is 33.2 Å². The molecule has 0 aliphatic heterocycles. The summed E-state index contributed by atoms with van der Waals surface area (Å²) < 4.78 is 7.24. The van der Waals surface area contributed by atoms with E-state index in [1.807, 2.05) is 29.8 Å². The van der Waals surface area contributed by atoms with Crippen LogP contribution < -0.4 is 10.5 Å². The summed E-state index contributed by atoms with van der Waals surface area (Å²) in [6, 6.07) is 6.00. The lowest BCUT2D eigenvalue weighted by Crippen LogP contribution is -2.09. The van der Waals surface area contributed by atoms with Gasteiger partial charge in [-0.3, -0.25) is 0 Å². The Morgan fingerprint density at radius 2 is 2.11 bits per heavy atom. The summed E-state index contributed by atoms with van der Waals surface area (Å²) in [7, 11) is 1.66. The molecule has 0 spiro atoms. The number of hydrogen-bond donors (Lipinski definition) is 1. The van der Waals surface area contributed by atoms with E-state index in [2.05, 4.69) is 24.2 Å². The third-order valence-corrected chi connectivity index (χ3v) is 3.08. The Hall–Kier alpha value is -1.88. The zero-order valence-corrected chi connectivity index (χ0v) is 11.8. The van der Waals surface area contributed by atoms with Crippen LogP contribution in [0.15, 0.2) is 18.2 Å². The minimum absolute atomic E-state index is 0.291. The molecule has 0 amide bonds. The fourth-order valence-corrected chi connectivity index (χ4v) is 2.19. The molecule has 1 aromatic heterocycles. The maximum Gasteiger partial charge on any atom is 0.144 e. The number of ether oxygens (including phenoxy) is 1. The number of nitrogens with two attached hydrogens (primary N) is 1. The number of nitrogens with zero attached hydrogens (tertiary/aromatic N) is 3. The van der Waals surface area contributed by atoms with Crippen molar-refractivity contribution in [3.63, 3.8) is 0 Å². The highest BCUT2D eigenvalue weighted by atomic mass is 16.5. The first-order valence-corrected chi connectivity index (χ1v) is 6.38. The van der Waals surface area contributed by atoms with Gasteiger partial charge in [-0.1, -0.05) is 25.1 Å². The minimum Gasteiger partial charge on any atom is -0.494 e. The molecule has 0 radical (unpaired) electrons. The zero-order valence-electron chi connectivity index (χ0n) is 11.8. The Labute approximate surface area is 113 Å². The van der Waals surface area contributed by atoms with Crippen LogP contribution in [0, 0.1) is 6.92 Å². The largest absolute Gasteiger partial charge is 0.494 e. The topological polar surface area (TPSA) is 66.0 Å². The predicted octanol–water partition coefficient (Wildman–Crippen LogP) is 2.17. The molecule has 1 aromatic carbocycles. The average Bonchev–Trinajstić information content (AvgIpc) is 2.82. The Bertz CT molecular complexity index is 575. The van der Waals surface area contributed by atoms with Crippen molar-refractivity contribution in [2.75, 3.05) is 7.11 Å². The summed E-state index contributed by atoms with van der Waals surface area (Å²) in [5.41, 5.74) is 9.65. The van der Waals surface area contributed by atoms with E-state index in [1.165, 1.54) is 0 Å². The van der Waals surface area contributed by atoms with Crippen LogP contribution in [0.2, 0.25) is 0 Å². The van der Waals surface area contributed by atoms with Gasteiger partial charge < -0.3 is 10.5 Å². The number of methoxy groups -OCH3 is 1. The van der Waals surface area contributed by atoms with Gasteiger partial charge in [0.15, 0.2) is 0 Å². The second-order valence-electron chi connectivity index (χ2n) is 4.87. The molecule has 2 rings (SSSR count). The molecule has 0 fully saturated rings. The molecule has 0 aliphatic rings. The molecule has 0 bridgehead atoms. The van der Waals surface area contributed by atoms with Gasteiger partial charge in [0.25, 0.3) is 0 Å². The van der Waals surface area contributed by atoms with Crippen LogP contribution >= 0.6 is 0 Å². The number of aromatic nitrogens is 3. The Morgan fingerprint density at radius 3 is 2.68 bits per heavy atom. The van der Waals surface area contributed by atoms with E-state index >= 15 is 0 Å². The second kappa shape index (κ2) is 5.40. The van der Waals surface area contributed by atoms with Crippen LogP contribution in [0.1, 0.15) is 36.7 Å². The van der Waals surface area contributed by atoms with Crippen LogP contribution in [0.4, 0.5) is 0 Å². The van der Waals surface area contributed by atoms with E-state index in [1.54, 1.807) is 7.11 Å². The van der Waals surface area contributed by atoms with E-state index in [0.717, 1.165) is 28.4 Å². The molecule has 0 saturated heterocycles. The van der Waals surface area contributed by atoms with Gasteiger partial charge in [-0.25, -0.2) is 4.68 Å². The van der Waals surface area contributed by atoms with Gasteiger partial charge in [-0.2, -0.15) is 0 Å². The van der Waals surface area contributed by atoms with E-state index < -0.39 is 0 Å². The minimum atomic E-state index is 0.291. The molecule has 0 aliphatic carbocycles. The van der Waals surface area contributed by atoms with Gasteiger partial charge in [0, 0.05) is 6.54 Å². The number of hydrogen-bond acceptors (Lipinski definition) is 4. The number of aryl methyl sites for hydroxylation is 1. The van der Waals surface area contributed by atoms with Gasteiger partial charge in [-0.05, 0) is 30.5 Å². The Balaban J connectivity index is 2.65. The van der Waals surface area contributed by atoms with Gasteiger partial charge in [0.05, 0.1) is 12.8 Å². The summed E-state index contributed by atoms with van der Waals surface area (Å²) in [6.07, 6.45) is 0. The highest BCUT2D eigenvalue weighted by Crippen LogP contribution is 2.28. The predicted molar refractivity (Wildman–Crippen MR) is 74.6 cm³/mol. The Kier molecular flexibility index (Phi) is 3.85. The first-order chi connectivity index (χ1) is 9.08. The lowest BCUT2D eigenvalue weighted by atomic mass is 10.1. The third kappa shape index (κ3) is 2.46. The number of benzene rings is 1. The molecule has 0 atom stereocenters. The van der Waals surface area contributed by atoms with Crippen LogP contribution in [0.25, 0.3) is 5.69 Å². The van der Waals surface area contributed by atoms with E-state index in [4.69, 9.17) is 10.5 Å². The van der Waals surface area contributed by atoms with Crippen LogP contribution in [0.3, 0.4) is 0 Å². The quantitative estimate of drug-likeness (QED) is 0.915. The van der Waals surface area contributed by atoms with E-state index in [0.29, 0.717) is 12.5 Å². The Morgan fingerprint density at radius 1 is 1.37 bits per heavy atom. The number of rotatable bonds is 4. The summed E-state index contributed by atoms with van der Waals surface area (Å²) in [5, 5.41) is 8.40. The average molecular weight is 260 g/mol. The highest BCUT2D eigenvalue weighted by molar-refractivity contribution is 5.49. The van der Waals surface area contributed by atoms with Crippen molar-refractivity contribution in [2.24, 2.45) is 5.73 Å². The van der Waals surface area contributed by atoms with Gasteiger partial charge in [0.1, 0.15) is 17.1 Å². The van der Waals surface area contributed by atoms with Gasteiger partial charge >= 0.3 is 0 Å². The normalized spacial score (nSPS) is 11.1. The maximum absolute atomic E-state index is 5.73. The fourth-order valence-electron chi connectivity index (χ4n) is 2.19. The SMILES string of the molecule is COc1ccc(C)cc1-n1nnc(CN)c1C(C)C. The van der Waals surface area contributed by atoms with Gasteiger partial charge in [0.2, 0.25) is 0 Å². The zero-order chi connectivity index (χ0) is 14.0. The standard InChI is InChI=1S/C14H20N4O/c1-9(2)14-11(8-15)16-17-18(14)12-7-10(3)5-6-13(12)19-4/h5-7,9H,8,15H2,1-4H3. The van der Waals surface area contributed by atoms with Crippen LogP contribution in [0.5, 0.6) is 5.75 Å². The molecule has 2 N–H and O–H groups in total. The first kappa shape index (κ1) is 13.5. The summed E-state index contributed by atoms with van der Waals surface area (Å²) >= 11 is 0. The van der Waals surface area contributed by atoms with Crippen molar-refractivity contribution in [1.29, 1.82) is 0 Å². The second-order valence-corrected chi connectivity index (χ2v) is 4.87. The van der Waals surface area contributed by atoms with Crippen molar-refractivity contribution < 1.29 is 4.74 Å². The molecule has 5 nitrogen and oxygen atoms in total. The van der Waals surface area contributed by atoms with Crippen molar-refractivity contribution in [3.8, 4) is 11.4 Å². The van der Waals surface area contributed by atoms with Crippen molar-refractivity contribution in [1.82, 2.24) is 15.0 Å². The van der Waals surface area contributed by atoms with Crippen LogP contribution in [-0.4, -0.2) is 22.1 Å². The molecule has 0 saturated carbocycles. The van der Waals surface area contributed by atoms with Crippen LogP contribution in [-0.2, 0) is 6.54 Å². The van der Waals surface area contributed by atoms with E-state index in [9.17, 15) is 0 Å². The summed E-state index contributed by atoms with van der Waals surface area (Å²) in [4.78, 5) is 0. The third-order valence-electron chi connectivity index (χ3n) is 3.08. The summed E-state index contributed by atoms with van der Waals surface area (Å²) in [5.74, 6) is 1.07. The molecule has 5 heteroatoms. The fraction of sp³-hybridized carbons (Fsp3) is 0.429. The highest BCUT2D eigenvalue weighted by Gasteiger charge is 2.18. The van der Waals surface area contributed by atoms with Gasteiger partial charge in [-0.15, -0.1) is 5.10 Å². The summed E-state index contributed by atoms with van der Waals surface area (Å²) in [6.45, 7) is 6.65. The molecule has 2 aromatic rings. The molecule has 0 unspecified atom stereocenters.